The molecule has 1 heterocycles. The third-order valence-corrected chi connectivity index (χ3v) is 2.71. The van der Waals surface area contributed by atoms with Crippen LogP contribution in [0.4, 0.5) is 0 Å². The zero-order chi connectivity index (χ0) is 7.56. The summed E-state index contributed by atoms with van der Waals surface area (Å²) in [7, 11) is 0. The molecule has 1 fully saturated rings. The van der Waals surface area contributed by atoms with Gasteiger partial charge in [-0.25, -0.2) is 0 Å². The van der Waals surface area contributed by atoms with Gasteiger partial charge in [-0.2, -0.15) is 0 Å². The Hall–Kier alpha value is -0.0400. The summed E-state index contributed by atoms with van der Waals surface area (Å²) >= 11 is 0. The minimum atomic E-state index is 0.862. The summed E-state index contributed by atoms with van der Waals surface area (Å²) in [5.74, 6) is 2.75. The Bertz CT molecular complexity index is 94.9. The van der Waals surface area contributed by atoms with Gasteiger partial charge in [0, 0.05) is 0 Å². The highest BCUT2D eigenvalue weighted by Gasteiger charge is 2.20. The van der Waals surface area contributed by atoms with E-state index in [0.717, 1.165) is 17.8 Å². The van der Waals surface area contributed by atoms with E-state index in [9.17, 15) is 0 Å². The third kappa shape index (κ3) is 1.98. The molecule has 0 aromatic heterocycles. The van der Waals surface area contributed by atoms with Gasteiger partial charge in [0.05, 0.1) is 0 Å². The van der Waals surface area contributed by atoms with Crippen LogP contribution < -0.4 is 5.32 Å². The lowest BCUT2D eigenvalue weighted by atomic mass is 9.85. The van der Waals surface area contributed by atoms with Gasteiger partial charge in [-0.15, -0.1) is 0 Å². The molecule has 0 saturated carbocycles. The van der Waals surface area contributed by atoms with E-state index in [4.69, 9.17) is 0 Å². The molecule has 10 heavy (non-hydrogen) atoms. The molecule has 0 radical (unpaired) electrons. The molecule has 0 bridgehead atoms. The molecular weight excluding hydrogens is 122 g/mol. The van der Waals surface area contributed by atoms with Gasteiger partial charge in [-0.05, 0) is 37.3 Å². The first-order valence-corrected chi connectivity index (χ1v) is 4.41. The van der Waals surface area contributed by atoms with Crippen LogP contribution in [0.5, 0.6) is 0 Å². The molecule has 1 nitrogen and oxygen atoms in total. The van der Waals surface area contributed by atoms with Crippen molar-refractivity contribution in [2.45, 2.75) is 27.2 Å². The van der Waals surface area contributed by atoms with Gasteiger partial charge in [-0.1, -0.05) is 20.8 Å². The maximum Gasteiger partial charge on any atom is -0.000815 e. The summed E-state index contributed by atoms with van der Waals surface area (Å²) < 4.78 is 0. The topological polar surface area (TPSA) is 12.0 Å². The Kier molecular flexibility index (Phi) is 2.72. The minimum Gasteiger partial charge on any atom is -0.316 e. The normalized spacial score (nSPS) is 22.8. The summed E-state index contributed by atoms with van der Waals surface area (Å²) in [6.45, 7) is 9.52. The van der Waals surface area contributed by atoms with E-state index in [0.29, 0.717) is 0 Å². The lowest BCUT2D eigenvalue weighted by Crippen LogP contribution is -2.42. The Morgan fingerprint density at radius 1 is 1.30 bits per heavy atom. The van der Waals surface area contributed by atoms with Gasteiger partial charge >= 0.3 is 0 Å². The van der Waals surface area contributed by atoms with Crippen molar-refractivity contribution in [2.75, 3.05) is 13.1 Å². The molecule has 1 N–H and O–H groups in total. The fourth-order valence-electron chi connectivity index (χ4n) is 1.31. The monoisotopic (exact) mass is 141 g/mol. The van der Waals surface area contributed by atoms with Crippen LogP contribution in [-0.2, 0) is 0 Å². The zero-order valence-electron chi connectivity index (χ0n) is 7.35. The number of rotatable bonds is 3. The molecule has 0 spiro atoms. The Morgan fingerprint density at radius 3 is 2.20 bits per heavy atom. The van der Waals surface area contributed by atoms with E-state index < -0.39 is 0 Å². The van der Waals surface area contributed by atoms with Crippen molar-refractivity contribution in [3.63, 3.8) is 0 Å². The van der Waals surface area contributed by atoms with Crippen LogP contribution in [0.15, 0.2) is 0 Å². The largest absolute Gasteiger partial charge is 0.316 e. The first-order chi connectivity index (χ1) is 4.70. The van der Waals surface area contributed by atoms with E-state index in [1.807, 2.05) is 0 Å². The average molecular weight is 141 g/mol. The van der Waals surface area contributed by atoms with E-state index in [1.54, 1.807) is 0 Å². The lowest BCUT2D eigenvalue weighted by Gasteiger charge is -2.30. The van der Waals surface area contributed by atoms with Gasteiger partial charge in [0.15, 0.2) is 0 Å². The van der Waals surface area contributed by atoms with Gasteiger partial charge < -0.3 is 5.32 Å². The van der Waals surface area contributed by atoms with E-state index in [2.05, 4.69) is 26.1 Å². The highest BCUT2D eigenvalue weighted by Crippen LogP contribution is 2.21. The van der Waals surface area contributed by atoms with Crippen molar-refractivity contribution in [3.05, 3.63) is 0 Å². The van der Waals surface area contributed by atoms with Crippen molar-refractivity contribution in [3.8, 4) is 0 Å². The predicted molar refractivity (Wildman–Crippen MR) is 45.0 cm³/mol. The number of hydrogen-bond donors (Lipinski definition) is 1. The number of hydrogen-bond acceptors (Lipinski definition) is 1. The second-order valence-electron chi connectivity index (χ2n) is 3.98. The van der Waals surface area contributed by atoms with E-state index in [1.165, 1.54) is 19.5 Å². The molecule has 1 heteroatoms. The standard InChI is InChI=1S/C9H19N/c1-7(2)8(3)4-9-5-10-6-9/h7-10H,4-6H2,1-3H3. The molecule has 1 rings (SSSR count). The molecule has 1 aliphatic heterocycles. The maximum absolute atomic E-state index is 3.31. The summed E-state index contributed by atoms with van der Waals surface area (Å²) in [6.07, 6.45) is 1.42. The predicted octanol–water partition coefficient (Wildman–Crippen LogP) is 1.89. The highest BCUT2D eigenvalue weighted by atomic mass is 14.9. The fourth-order valence-corrected chi connectivity index (χ4v) is 1.31. The summed E-state index contributed by atoms with van der Waals surface area (Å²) in [6, 6.07) is 0. The van der Waals surface area contributed by atoms with Crippen molar-refractivity contribution in [1.29, 1.82) is 0 Å². The van der Waals surface area contributed by atoms with Crippen molar-refractivity contribution in [1.82, 2.24) is 5.32 Å². The molecule has 1 saturated heterocycles. The molecule has 1 unspecified atom stereocenters. The molecule has 0 aromatic rings. The Labute approximate surface area is 64.2 Å². The van der Waals surface area contributed by atoms with Crippen LogP contribution in [0, 0.1) is 17.8 Å². The molecule has 1 aliphatic rings. The van der Waals surface area contributed by atoms with Gasteiger partial charge in [-0.3, -0.25) is 0 Å². The van der Waals surface area contributed by atoms with Crippen LogP contribution >= 0.6 is 0 Å². The lowest BCUT2D eigenvalue weighted by molar-refractivity contribution is 0.250. The number of nitrogens with one attached hydrogen (secondary N) is 1. The maximum atomic E-state index is 3.31. The SMILES string of the molecule is CC(C)C(C)CC1CNC1. The van der Waals surface area contributed by atoms with Crippen molar-refractivity contribution < 1.29 is 0 Å². The van der Waals surface area contributed by atoms with Gasteiger partial charge in [0.1, 0.15) is 0 Å². The summed E-state index contributed by atoms with van der Waals surface area (Å²) in [5, 5.41) is 3.31. The van der Waals surface area contributed by atoms with Crippen LogP contribution in [0.1, 0.15) is 27.2 Å². The van der Waals surface area contributed by atoms with Gasteiger partial charge in [0.2, 0.25) is 0 Å². The summed E-state index contributed by atoms with van der Waals surface area (Å²) in [5.41, 5.74) is 0. The van der Waals surface area contributed by atoms with Gasteiger partial charge in [0.25, 0.3) is 0 Å². The average Bonchev–Trinajstić information content (AvgIpc) is 1.77. The molecule has 0 aromatic carbocycles. The molecule has 0 amide bonds. The fraction of sp³-hybridized carbons (Fsp3) is 1.00. The molecule has 60 valence electrons. The van der Waals surface area contributed by atoms with Crippen LogP contribution in [0.2, 0.25) is 0 Å². The van der Waals surface area contributed by atoms with Crippen LogP contribution in [0.25, 0.3) is 0 Å². The molecule has 0 aliphatic carbocycles. The highest BCUT2D eigenvalue weighted by molar-refractivity contribution is 4.76. The zero-order valence-corrected chi connectivity index (χ0v) is 7.35. The second-order valence-corrected chi connectivity index (χ2v) is 3.98. The first kappa shape index (κ1) is 8.06. The molecular formula is C9H19N. The van der Waals surface area contributed by atoms with Crippen LogP contribution in [0.3, 0.4) is 0 Å². The first-order valence-electron chi connectivity index (χ1n) is 4.41. The van der Waals surface area contributed by atoms with Crippen molar-refractivity contribution >= 4 is 0 Å². The third-order valence-electron chi connectivity index (χ3n) is 2.71. The second kappa shape index (κ2) is 3.38. The van der Waals surface area contributed by atoms with E-state index >= 15 is 0 Å². The van der Waals surface area contributed by atoms with Crippen molar-refractivity contribution in [2.24, 2.45) is 17.8 Å². The smallest absolute Gasteiger partial charge is 0.000815 e. The molecule has 1 atom stereocenters. The Balaban J connectivity index is 2.10. The minimum absolute atomic E-state index is 0.862. The van der Waals surface area contributed by atoms with E-state index in [-0.39, 0.29) is 0 Å². The Morgan fingerprint density at radius 2 is 1.90 bits per heavy atom. The van der Waals surface area contributed by atoms with Crippen LogP contribution in [-0.4, -0.2) is 13.1 Å². The quantitative estimate of drug-likeness (QED) is 0.633. The summed E-state index contributed by atoms with van der Waals surface area (Å²) in [4.78, 5) is 0.